The fourth-order valence-electron chi connectivity index (χ4n) is 6.40. The van der Waals surface area contributed by atoms with Gasteiger partial charge in [0.05, 0.1) is 20.3 Å². The Kier molecular flexibility index (Phi) is 12.2. The van der Waals surface area contributed by atoms with E-state index in [0.717, 1.165) is 38.4 Å². The molecule has 10 heteroatoms. The van der Waals surface area contributed by atoms with Crippen LogP contribution in [0.25, 0.3) is 32.7 Å². The molecule has 258 valence electrons. The number of esters is 1. The molecule has 3 atom stereocenters. The zero-order valence-corrected chi connectivity index (χ0v) is 28.8. The van der Waals surface area contributed by atoms with Crippen LogP contribution in [0.4, 0.5) is 0 Å². The largest absolute Gasteiger partial charge is 0.493 e. The number of ether oxygens (including phenoxy) is 3. The number of carbonyl (C=O) groups excluding carboxylic acids is 3. The minimum Gasteiger partial charge on any atom is -0.493 e. The van der Waals surface area contributed by atoms with Crippen molar-refractivity contribution in [3.05, 3.63) is 85.5 Å². The van der Waals surface area contributed by atoms with Gasteiger partial charge in [-0.15, -0.1) is 6.58 Å². The Morgan fingerprint density at radius 3 is 2.12 bits per heavy atom. The van der Waals surface area contributed by atoms with Gasteiger partial charge >= 0.3 is 5.97 Å². The maximum Gasteiger partial charge on any atom is 0.332 e. The molecule has 49 heavy (non-hydrogen) atoms. The Labute approximate surface area is 292 Å². The first kappa shape index (κ1) is 35.7. The summed E-state index contributed by atoms with van der Waals surface area (Å²) in [5.41, 5.74) is 0.747. The van der Waals surface area contributed by atoms with Gasteiger partial charge in [0.1, 0.15) is 23.1 Å². The van der Waals surface area contributed by atoms with Gasteiger partial charge in [-0.3, -0.25) is 9.59 Å². The van der Waals surface area contributed by atoms with E-state index in [1.165, 1.54) is 7.11 Å². The first-order chi connectivity index (χ1) is 23.9. The smallest absolute Gasteiger partial charge is 0.332 e. The van der Waals surface area contributed by atoms with Crippen LogP contribution in [0, 0.1) is 5.92 Å². The van der Waals surface area contributed by atoms with Crippen LogP contribution in [-0.4, -0.2) is 56.2 Å². The molecule has 0 radical (unpaired) electrons. The van der Waals surface area contributed by atoms with E-state index in [1.807, 2.05) is 49.4 Å². The predicted octanol–water partition coefficient (Wildman–Crippen LogP) is 6.85. The summed E-state index contributed by atoms with van der Waals surface area (Å²) in [4.78, 5) is 41.7. The van der Waals surface area contributed by atoms with Crippen molar-refractivity contribution < 1.29 is 28.6 Å². The van der Waals surface area contributed by atoms with Crippen molar-refractivity contribution in [3.63, 3.8) is 0 Å². The summed E-state index contributed by atoms with van der Waals surface area (Å²) in [5.74, 6) is -0.00279. The molecule has 0 aromatic heterocycles. The Bertz CT molecular complexity index is 1810. The molecule has 2 amide bonds. The molecule has 0 bridgehead atoms. The lowest BCUT2D eigenvalue weighted by molar-refractivity contribution is -0.147. The summed E-state index contributed by atoms with van der Waals surface area (Å²) in [6, 6.07) is 23.6. The summed E-state index contributed by atoms with van der Waals surface area (Å²) in [6.45, 7) is 7.09. The van der Waals surface area contributed by atoms with Gasteiger partial charge in [0, 0.05) is 30.0 Å². The highest BCUT2D eigenvalue weighted by Crippen LogP contribution is 2.46. The number of fused-ring (bicyclic) bond motifs is 2. The Hall–Kier alpha value is -4.60. The molecule has 5 rings (SSSR count). The summed E-state index contributed by atoms with van der Waals surface area (Å²) >= 11 is 5.60. The van der Waals surface area contributed by atoms with Crippen molar-refractivity contribution in [1.82, 2.24) is 15.5 Å². The SMILES string of the molecule is C=C[C@H]1C[C@]1(NC(=O)[C@@H](CCCCNCl)NC(=O)CCCOc1ccc2ccccc2c1-c1c(OCC)ccc2ccccc12)C(=O)OC. The van der Waals surface area contributed by atoms with Crippen LogP contribution in [0.2, 0.25) is 0 Å². The van der Waals surface area contributed by atoms with Crippen LogP contribution in [0.5, 0.6) is 11.5 Å². The van der Waals surface area contributed by atoms with E-state index in [2.05, 4.69) is 52.4 Å². The van der Waals surface area contributed by atoms with Crippen LogP contribution >= 0.6 is 11.8 Å². The van der Waals surface area contributed by atoms with Crippen LogP contribution in [0.3, 0.4) is 0 Å². The van der Waals surface area contributed by atoms with Gasteiger partial charge < -0.3 is 24.8 Å². The minimum atomic E-state index is -1.15. The number of hydrogen-bond donors (Lipinski definition) is 3. The third kappa shape index (κ3) is 8.17. The van der Waals surface area contributed by atoms with Crippen LogP contribution < -0.4 is 24.9 Å². The first-order valence-electron chi connectivity index (χ1n) is 16.8. The fraction of sp³-hybridized carbons (Fsp3) is 0.359. The molecular formula is C39H44ClN3O6. The molecule has 1 aliphatic carbocycles. The average molecular weight is 686 g/mol. The summed E-state index contributed by atoms with van der Waals surface area (Å²) < 4.78 is 17.5. The number of rotatable bonds is 18. The normalized spacial score (nSPS) is 17.2. The quantitative estimate of drug-likeness (QED) is 0.0454. The van der Waals surface area contributed by atoms with Crippen molar-refractivity contribution in [2.45, 2.75) is 57.0 Å². The summed E-state index contributed by atoms with van der Waals surface area (Å²) in [7, 11) is 1.29. The third-order valence-corrected chi connectivity index (χ3v) is 9.19. The topological polar surface area (TPSA) is 115 Å². The highest BCUT2D eigenvalue weighted by Gasteiger charge is 2.61. The van der Waals surface area contributed by atoms with E-state index in [1.54, 1.807) is 6.08 Å². The second kappa shape index (κ2) is 16.7. The van der Waals surface area contributed by atoms with Crippen molar-refractivity contribution in [1.29, 1.82) is 0 Å². The highest BCUT2D eigenvalue weighted by molar-refractivity contribution is 6.13. The monoisotopic (exact) mass is 685 g/mol. The predicted molar refractivity (Wildman–Crippen MR) is 194 cm³/mol. The van der Waals surface area contributed by atoms with Crippen molar-refractivity contribution >= 4 is 51.1 Å². The third-order valence-electron chi connectivity index (χ3n) is 9.00. The van der Waals surface area contributed by atoms with Gasteiger partial charge in [0.15, 0.2) is 0 Å². The van der Waals surface area contributed by atoms with E-state index >= 15 is 0 Å². The van der Waals surface area contributed by atoms with E-state index in [0.29, 0.717) is 51.0 Å². The molecule has 3 N–H and O–H groups in total. The minimum absolute atomic E-state index is 0.145. The summed E-state index contributed by atoms with van der Waals surface area (Å²) in [5, 5.41) is 9.98. The Morgan fingerprint density at radius 1 is 0.918 bits per heavy atom. The van der Waals surface area contributed by atoms with Crippen molar-refractivity contribution in [3.8, 4) is 22.6 Å². The van der Waals surface area contributed by atoms with Gasteiger partial charge in [-0.05, 0) is 84.5 Å². The molecule has 1 fully saturated rings. The number of carbonyl (C=O) groups is 3. The van der Waals surface area contributed by atoms with E-state index in [-0.39, 0.29) is 24.9 Å². The fourth-order valence-corrected chi connectivity index (χ4v) is 6.53. The van der Waals surface area contributed by atoms with Crippen LogP contribution in [0.1, 0.15) is 45.4 Å². The number of hydrogen-bond acceptors (Lipinski definition) is 7. The molecule has 0 spiro atoms. The Morgan fingerprint density at radius 2 is 1.55 bits per heavy atom. The lowest BCUT2D eigenvalue weighted by Crippen LogP contribution is -2.54. The van der Waals surface area contributed by atoms with Gasteiger partial charge in [-0.1, -0.05) is 66.7 Å². The lowest BCUT2D eigenvalue weighted by atomic mass is 9.92. The van der Waals surface area contributed by atoms with Gasteiger partial charge in [-0.25, -0.2) is 9.63 Å². The van der Waals surface area contributed by atoms with Gasteiger partial charge in [0.2, 0.25) is 11.8 Å². The molecular weight excluding hydrogens is 642 g/mol. The second-order valence-corrected chi connectivity index (χ2v) is 12.5. The molecule has 4 aromatic carbocycles. The molecule has 1 saturated carbocycles. The number of nitrogens with one attached hydrogen (secondary N) is 3. The van der Waals surface area contributed by atoms with E-state index in [4.69, 9.17) is 26.0 Å². The number of unbranched alkanes of at least 4 members (excludes halogenated alkanes) is 1. The molecule has 0 unspecified atom stereocenters. The molecule has 1 aliphatic rings. The number of benzene rings is 4. The summed E-state index contributed by atoms with van der Waals surface area (Å²) in [6.07, 6.45) is 4.34. The molecule has 0 saturated heterocycles. The van der Waals surface area contributed by atoms with Crippen molar-refractivity contribution in [2.24, 2.45) is 5.92 Å². The van der Waals surface area contributed by atoms with Gasteiger partial charge in [0.25, 0.3) is 0 Å². The lowest BCUT2D eigenvalue weighted by Gasteiger charge is -2.23. The zero-order valence-electron chi connectivity index (χ0n) is 28.1. The average Bonchev–Trinajstić information content (AvgIpc) is 3.84. The van der Waals surface area contributed by atoms with Crippen LogP contribution in [-0.2, 0) is 19.1 Å². The Balaban J connectivity index is 1.30. The first-order valence-corrected chi connectivity index (χ1v) is 17.2. The van der Waals surface area contributed by atoms with E-state index < -0.39 is 23.5 Å². The maximum atomic E-state index is 13.4. The molecule has 4 aromatic rings. The number of halogens is 1. The molecule has 0 heterocycles. The van der Waals surface area contributed by atoms with E-state index in [9.17, 15) is 14.4 Å². The standard InChI is InChI=1S/C39H44ClN3O6/c1-4-28-25-39(28,38(46)47-3)43-37(45)31(17-10-11-23-41-40)42-34(44)18-12-24-49-33-22-20-27-14-7-9-16-30(27)36(33)35-29-15-8-6-13-26(29)19-21-32(35)48-5-2/h4,6-9,13-16,19-22,28,31,41H,1,5,10-12,17-18,23-25H2,2-3H3,(H,42,44)(H,43,45)/t28-,31+,39+/m0/s1. The van der Waals surface area contributed by atoms with Crippen LogP contribution in [0.15, 0.2) is 85.5 Å². The number of amides is 2. The number of methoxy groups -OCH3 is 1. The zero-order chi connectivity index (χ0) is 34.8. The highest BCUT2D eigenvalue weighted by atomic mass is 35.5. The maximum absolute atomic E-state index is 13.4. The molecule has 0 aliphatic heterocycles. The second-order valence-electron chi connectivity index (χ2n) is 12.2. The van der Waals surface area contributed by atoms with Crippen molar-refractivity contribution in [2.75, 3.05) is 26.9 Å². The molecule has 9 nitrogen and oxygen atoms in total. The van der Waals surface area contributed by atoms with Gasteiger partial charge in [-0.2, -0.15) is 0 Å².